The van der Waals surface area contributed by atoms with Gasteiger partial charge in [0.15, 0.2) is 11.5 Å². The van der Waals surface area contributed by atoms with Crippen molar-refractivity contribution >= 4 is 17.8 Å². The Kier molecular flexibility index (Phi) is 9.95. The first-order chi connectivity index (χ1) is 17.3. The van der Waals surface area contributed by atoms with Crippen LogP contribution in [0, 0.1) is 5.92 Å². The summed E-state index contributed by atoms with van der Waals surface area (Å²) in [5.74, 6) is -1.03. The van der Waals surface area contributed by atoms with E-state index >= 15 is 0 Å². The Morgan fingerprint density at radius 2 is 1.86 bits per heavy atom. The fourth-order valence-corrected chi connectivity index (χ4v) is 5.08. The highest BCUT2D eigenvalue weighted by Crippen LogP contribution is 2.42. The van der Waals surface area contributed by atoms with Crippen molar-refractivity contribution < 1.29 is 33.8 Å². The molecule has 1 saturated heterocycles. The monoisotopic (exact) mass is 505 g/mol. The third-order valence-electron chi connectivity index (χ3n) is 6.87. The highest BCUT2D eigenvalue weighted by Gasteiger charge is 2.47. The molecule has 2 aliphatic heterocycles. The maximum atomic E-state index is 13.2. The smallest absolute Gasteiger partial charge is 0.308 e. The van der Waals surface area contributed by atoms with Crippen LogP contribution in [-0.2, 0) is 19.2 Å². The summed E-state index contributed by atoms with van der Waals surface area (Å²) >= 11 is 0. The molecule has 0 aromatic heterocycles. The van der Waals surface area contributed by atoms with E-state index in [1.165, 1.54) is 12.0 Å². The molecule has 1 unspecified atom stereocenters. The van der Waals surface area contributed by atoms with Crippen LogP contribution in [0.2, 0.25) is 0 Å². The average molecular weight is 506 g/mol. The van der Waals surface area contributed by atoms with Gasteiger partial charge in [-0.25, -0.2) is 5.06 Å². The third-order valence-corrected chi connectivity index (χ3v) is 6.87. The number of aliphatic carboxylic acids is 1. The molecular formula is C26H39N3O7. The zero-order valence-electron chi connectivity index (χ0n) is 21.8. The number of hydroxylamine groups is 2. The number of carboxylic acid groups (broad SMARTS) is 1. The molecule has 3 atom stereocenters. The van der Waals surface area contributed by atoms with Gasteiger partial charge >= 0.3 is 5.97 Å². The van der Waals surface area contributed by atoms with Crippen LogP contribution in [-0.4, -0.2) is 89.9 Å². The maximum absolute atomic E-state index is 13.2. The Hall–Kier alpha value is -2.85. The summed E-state index contributed by atoms with van der Waals surface area (Å²) in [6.45, 7) is 9.82. The van der Waals surface area contributed by atoms with E-state index in [-0.39, 0.29) is 31.1 Å². The lowest BCUT2D eigenvalue weighted by atomic mass is 9.84. The van der Waals surface area contributed by atoms with Gasteiger partial charge in [0.2, 0.25) is 12.7 Å². The minimum atomic E-state index is -0.920. The van der Waals surface area contributed by atoms with E-state index in [0.717, 1.165) is 18.4 Å². The minimum absolute atomic E-state index is 0.0470. The van der Waals surface area contributed by atoms with E-state index in [0.29, 0.717) is 50.7 Å². The molecule has 0 aliphatic carbocycles. The van der Waals surface area contributed by atoms with Gasteiger partial charge in [-0.1, -0.05) is 19.9 Å². The van der Waals surface area contributed by atoms with Gasteiger partial charge in [-0.15, -0.1) is 0 Å². The molecule has 0 spiro atoms. The number of nitrogens with zero attached hydrogens (tertiary/aromatic N) is 3. The van der Waals surface area contributed by atoms with E-state index in [9.17, 15) is 19.5 Å². The van der Waals surface area contributed by atoms with Crippen molar-refractivity contribution in [2.45, 2.75) is 58.9 Å². The Morgan fingerprint density at radius 3 is 2.50 bits per heavy atom. The van der Waals surface area contributed by atoms with E-state index in [2.05, 4.69) is 0 Å². The third kappa shape index (κ3) is 6.47. The molecule has 200 valence electrons. The fourth-order valence-electron chi connectivity index (χ4n) is 5.08. The second-order valence-electron chi connectivity index (χ2n) is 9.30. The Balaban J connectivity index is 1.88. The number of fused-ring (bicyclic) bond motifs is 1. The predicted molar refractivity (Wildman–Crippen MR) is 133 cm³/mol. The van der Waals surface area contributed by atoms with E-state index in [4.69, 9.17) is 14.3 Å². The van der Waals surface area contributed by atoms with Gasteiger partial charge in [0.05, 0.1) is 19.1 Å². The first-order valence-electron chi connectivity index (χ1n) is 12.9. The lowest BCUT2D eigenvalue weighted by molar-refractivity contribution is -0.188. The van der Waals surface area contributed by atoms with Gasteiger partial charge in [-0.05, 0) is 43.9 Å². The average Bonchev–Trinajstić information content (AvgIpc) is 3.46. The molecular weight excluding hydrogens is 466 g/mol. The summed E-state index contributed by atoms with van der Waals surface area (Å²) in [4.78, 5) is 47.2. The summed E-state index contributed by atoms with van der Waals surface area (Å²) in [6.07, 6.45) is 1.98. The zero-order chi connectivity index (χ0) is 26.2. The highest BCUT2D eigenvalue weighted by molar-refractivity contribution is 5.78. The van der Waals surface area contributed by atoms with E-state index < -0.39 is 17.9 Å². The molecule has 0 radical (unpaired) electrons. The first-order valence-corrected chi connectivity index (χ1v) is 12.9. The summed E-state index contributed by atoms with van der Waals surface area (Å²) in [7, 11) is 0. The molecule has 1 aromatic carbocycles. The van der Waals surface area contributed by atoms with Crippen molar-refractivity contribution in [1.29, 1.82) is 0 Å². The fraction of sp³-hybridized carbons (Fsp3) is 0.654. The normalized spacial score (nSPS) is 20.9. The van der Waals surface area contributed by atoms with Crippen LogP contribution in [0.25, 0.3) is 0 Å². The molecule has 2 heterocycles. The molecule has 10 heteroatoms. The maximum Gasteiger partial charge on any atom is 0.308 e. The van der Waals surface area contributed by atoms with Crippen LogP contribution in [0.4, 0.5) is 0 Å². The summed E-state index contributed by atoms with van der Waals surface area (Å²) in [5.41, 5.74) is 0.832. The molecule has 1 N–H and O–H groups in total. The van der Waals surface area contributed by atoms with Crippen molar-refractivity contribution in [2.24, 2.45) is 5.92 Å². The number of carboxylic acids is 1. The summed E-state index contributed by atoms with van der Waals surface area (Å²) in [5, 5.41) is 11.7. The Labute approximate surface area is 213 Å². The number of amides is 2. The summed E-state index contributed by atoms with van der Waals surface area (Å²) < 4.78 is 10.9. The zero-order valence-corrected chi connectivity index (χ0v) is 21.8. The van der Waals surface area contributed by atoms with Crippen LogP contribution in [0.15, 0.2) is 18.2 Å². The number of rotatable bonds is 13. The van der Waals surface area contributed by atoms with Crippen molar-refractivity contribution in [3.63, 3.8) is 0 Å². The first kappa shape index (κ1) is 27.7. The molecule has 2 aliphatic rings. The van der Waals surface area contributed by atoms with Crippen LogP contribution in [0.1, 0.15) is 58.4 Å². The molecule has 1 aromatic rings. The predicted octanol–water partition coefficient (Wildman–Crippen LogP) is 2.72. The van der Waals surface area contributed by atoms with Crippen molar-refractivity contribution in [3.05, 3.63) is 23.8 Å². The number of benzene rings is 1. The SMILES string of the molecule is CCCON(CCC)C(=O)CN1C[C@H](c2ccc3c(c2)OCO3)C(C(=O)O)[C@@H]1CCN(CC)C(C)=O. The second kappa shape index (κ2) is 12.9. The van der Waals surface area contributed by atoms with Crippen molar-refractivity contribution in [2.75, 3.05) is 46.1 Å². The highest BCUT2D eigenvalue weighted by atomic mass is 16.7. The van der Waals surface area contributed by atoms with Crippen LogP contribution in [0.5, 0.6) is 11.5 Å². The van der Waals surface area contributed by atoms with Crippen molar-refractivity contribution in [1.82, 2.24) is 14.9 Å². The number of hydrogen-bond acceptors (Lipinski definition) is 7. The summed E-state index contributed by atoms with van der Waals surface area (Å²) in [6, 6.07) is 5.09. The molecule has 3 rings (SSSR count). The van der Waals surface area contributed by atoms with Gasteiger partial charge in [-0.2, -0.15) is 0 Å². The number of carbonyl (C=O) groups excluding carboxylic acids is 2. The molecule has 0 bridgehead atoms. The van der Waals surface area contributed by atoms with E-state index in [1.54, 1.807) is 11.0 Å². The van der Waals surface area contributed by atoms with Crippen LogP contribution < -0.4 is 9.47 Å². The lowest BCUT2D eigenvalue weighted by Gasteiger charge is -2.30. The molecule has 10 nitrogen and oxygen atoms in total. The van der Waals surface area contributed by atoms with Gasteiger partial charge in [0.25, 0.3) is 5.91 Å². The molecule has 36 heavy (non-hydrogen) atoms. The topological polar surface area (TPSA) is 109 Å². The Morgan fingerprint density at radius 1 is 1.11 bits per heavy atom. The number of carbonyl (C=O) groups is 3. The number of ether oxygens (including phenoxy) is 2. The number of likely N-dealkylation sites (tertiary alicyclic amines) is 1. The van der Waals surface area contributed by atoms with Crippen LogP contribution >= 0.6 is 0 Å². The quantitative estimate of drug-likeness (QED) is 0.408. The van der Waals surface area contributed by atoms with Gasteiger partial charge in [-0.3, -0.25) is 24.1 Å². The minimum Gasteiger partial charge on any atom is -0.481 e. The second-order valence-corrected chi connectivity index (χ2v) is 9.30. The van der Waals surface area contributed by atoms with Crippen LogP contribution in [0.3, 0.4) is 0 Å². The molecule has 0 saturated carbocycles. The molecule has 2 amide bonds. The van der Waals surface area contributed by atoms with Crippen molar-refractivity contribution in [3.8, 4) is 11.5 Å². The van der Waals surface area contributed by atoms with Gasteiger partial charge < -0.3 is 19.5 Å². The van der Waals surface area contributed by atoms with Gasteiger partial charge in [0, 0.05) is 45.1 Å². The van der Waals surface area contributed by atoms with E-state index in [1.807, 2.05) is 37.8 Å². The lowest BCUT2D eigenvalue weighted by Crippen LogP contribution is -2.45. The standard InChI is InChI=1S/C26H39N3O7/c1-5-11-29(36-13-6-2)24(31)16-28-15-20(19-8-9-22-23(14-19)35-17-34-22)25(26(32)33)21(28)10-12-27(7-3)18(4)30/h8-9,14,20-21,25H,5-7,10-13,15-17H2,1-4H3,(H,32,33)/t20-,21+,25?/m1/s1. The number of hydrogen-bond donors (Lipinski definition) is 1. The Bertz CT molecular complexity index is 925. The van der Waals surface area contributed by atoms with Gasteiger partial charge in [0.1, 0.15) is 0 Å². The molecule has 1 fully saturated rings. The largest absolute Gasteiger partial charge is 0.481 e.